The summed E-state index contributed by atoms with van der Waals surface area (Å²) >= 11 is 0. The number of hydrogen-bond donors (Lipinski definition) is 1. The van der Waals surface area contributed by atoms with Gasteiger partial charge in [0.2, 0.25) is 5.75 Å². The van der Waals surface area contributed by atoms with Crippen LogP contribution in [-0.2, 0) is 4.79 Å². The highest BCUT2D eigenvalue weighted by Gasteiger charge is 2.20. The number of carbonyl (C=O) groups is 1. The van der Waals surface area contributed by atoms with Crippen LogP contribution in [0.2, 0.25) is 0 Å². The Morgan fingerprint density at radius 1 is 1.19 bits per heavy atom. The topological polar surface area (TPSA) is 114 Å². The minimum Gasteiger partial charge on any atom is -0.496 e. The number of ether oxygens (including phenoxy) is 2. The molecule has 0 saturated carbocycles. The fourth-order valence-corrected chi connectivity index (χ4v) is 2.19. The van der Waals surface area contributed by atoms with Crippen LogP contribution in [0.25, 0.3) is 6.08 Å². The van der Waals surface area contributed by atoms with Crippen molar-refractivity contribution in [2.24, 2.45) is 0 Å². The highest BCUT2D eigenvalue weighted by molar-refractivity contribution is 6.09. The van der Waals surface area contributed by atoms with Gasteiger partial charge in [-0.05, 0) is 18.2 Å². The largest absolute Gasteiger partial charge is 0.496 e. The van der Waals surface area contributed by atoms with Crippen molar-refractivity contribution in [3.05, 3.63) is 63.7 Å². The molecule has 2 aromatic carbocycles. The fourth-order valence-electron chi connectivity index (χ4n) is 2.19. The van der Waals surface area contributed by atoms with E-state index in [0.29, 0.717) is 5.69 Å². The molecular weight excluding hydrogens is 338 g/mol. The maximum absolute atomic E-state index is 12.3. The van der Waals surface area contributed by atoms with E-state index in [2.05, 4.69) is 5.32 Å². The molecule has 0 radical (unpaired) electrons. The molecule has 0 atom stereocenters. The Bertz CT molecular complexity index is 901. The van der Waals surface area contributed by atoms with E-state index in [1.807, 2.05) is 0 Å². The second-order valence-electron chi connectivity index (χ2n) is 5.01. The van der Waals surface area contributed by atoms with E-state index < -0.39 is 10.8 Å². The van der Waals surface area contributed by atoms with Crippen LogP contribution in [0, 0.1) is 21.4 Å². The van der Waals surface area contributed by atoms with Crippen molar-refractivity contribution < 1.29 is 19.2 Å². The third-order valence-corrected chi connectivity index (χ3v) is 3.42. The second-order valence-corrected chi connectivity index (χ2v) is 5.01. The monoisotopic (exact) mass is 353 g/mol. The van der Waals surface area contributed by atoms with E-state index in [1.54, 1.807) is 36.4 Å². The number of nitriles is 1. The van der Waals surface area contributed by atoms with Crippen LogP contribution >= 0.6 is 0 Å². The van der Waals surface area contributed by atoms with E-state index in [4.69, 9.17) is 9.47 Å². The highest BCUT2D eigenvalue weighted by atomic mass is 16.6. The van der Waals surface area contributed by atoms with Crippen molar-refractivity contribution in [2.45, 2.75) is 0 Å². The van der Waals surface area contributed by atoms with Crippen molar-refractivity contribution in [3.63, 3.8) is 0 Å². The van der Waals surface area contributed by atoms with E-state index >= 15 is 0 Å². The third kappa shape index (κ3) is 4.15. The average Bonchev–Trinajstić information content (AvgIpc) is 2.65. The molecule has 2 rings (SSSR count). The van der Waals surface area contributed by atoms with Gasteiger partial charge >= 0.3 is 5.69 Å². The minimum absolute atomic E-state index is 0.0104. The lowest BCUT2D eigenvalue weighted by Gasteiger charge is -2.09. The molecule has 8 heteroatoms. The molecule has 8 nitrogen and oxygen atoms in total. The molecule has 0 bridgehead atoms. The van der Waals surface area contributed by atoms with Crippen molar-refractivity contribution >= 4 is 23.4 Å². The Kier molecular flexibility index (Phi) is 5.90. The Morgan fingerprint density at radius 2 is 1.85 bits per heavy atom. The highest BCUT2D eigenvalue weighted by Crippen LogP contribution is 2.35. The zero-order valence-electron chi connectivity index (χ0n) is 14.1. The van der Waals surface area contributed by atoms with Gasteiger partial charge in [-0.2, -0.15) is 5.26 Å². The van der Waals surface area contributed by atoms with Crippen LogP contribution in [0.1, 0.15) is 5.56 Å². The molecule has 26 heavy (non-hydrogen) atoms. The maximum Gasteiger partial charge on any atom is 0.311 e. The molecule has 1 N–H and O–H groups in total. The number of benzene rings is 2. The first-order valence-electron chi connectivity index (χ1n) is 7.38. The number of carbonyl (C=O) groups excluding carboxylic acids is 1. The Hall–Kier alpha value is -3.86. The lowest BCUT2D eigenvalue weighted by atomic mass is 10.1. The number of nitrogens with zero attached hydrogens (tertiary/aromatic N) is 2. The van der Waals surface area contributed by atoms with Crippen molar-refractivity contribution in [3.8, 4) is 17.6 Å². The summed E-state index contributed by atoms with van der Waals surface area (Å²) in [4.78, 5) is 22.9. The van der Waals surface area contributed by atoms with Crippen molar-refractivity contribution in [1.29, 1.82) is 5.26 Å². The number of nitrogens with one attached hydrogen (secondary N) is 1. The predicted octanol–water partition coefficient (Wildman–Crippen LogP) is 3.16. The molecule has 2 aromatic rings. The van der Waals surface area contributed by atoms with Gasteiger partial charge in [0, 0.05) is 23.4 Å². The van der Waals surface area contributed by atoms with E-state index in [9.17, 15) is 20.2 Å². The van der Waals surface area contributed by atoms with Crippen LogP contribution in [0.4, 0.5) is 11.4 Å². The fraction of sp³-hybridized carbons (Fsp3) is 0.111. The molecule has 132 valence electrons. The quantitative estimate of drug-likeness (QED) is 0.369. The lowest BCUT2D eigenvalue weighted by Crippen LogP contribution is -2.13. The number of para-hydroxylation sites is 1. The van der Waals surface area contributed by atoms with Gasteiger partial charge in [-0.1, -0.05) is 18.2 Å². The van der Waals surface area contributed by atoms with Gasteiger partial charge in [0.1, 0.15) is 17.4 Å². The summed E-state index contributed by atoms with van der Waals surface area (Å²) in [5.41, 5.74) is 0.193. The summed E-state index contributed by atoms with van der Waals surface area (Å²) in [5, 5.41) is 23.1. The van der Waals surface area contributed by atoms with Crippen LogP contribution < -0.4 is 14.8 Å². The third-order valence-electron chi connectivity index (χ3n) is 3.42. The molecule has 0 spiro atoms. The number of nitro groups is 1. The van der Waals surface area contributed by atoms with Crippen molar-refractivity contribution in [1.82, 2.24) is 0 Å². The summed E-state index contributed by atoms with van der Waals surface area (Å²) in [6.07, 6.45) is 1.23. The molecule has 0 aromatic heterocycles. The first kappa shape index (κ1) is 18.5. The zero-order chi connectivity index (χ0) is 19.1. The number of hydrogen-bond acceptors (Lipinski definition) is 6. The molecular formula is C18H15N3O5. The summed E-state index contributed by atoms with van der Waals surface area (Å²) < 4.78 is 10.2. The molecule has 0 saturated heterocycles. The van der Waals surface area contributed by atoms with Gasteiger partial charge in [0.05, 0.1) is 19.1 Å². The van der Waals surface area contributed by atoms with Crippen molar-refractivity contribution in [2.75, 3.05) is 19.5 Å². The van der Waals surface area contributed by atoms with Crippen LogP contribution in [-0.4, -0.2) is 25.1 Å². The van der Waals surface area contributed by atoms with Crippen LogP contribution in [0.5, 0.6) is 11.5 Å². The number of rotatable bonds is 6. The molecule has 0 fully saturated rings. The molecule has 0 heterocycles. The summed E-state index contributed by atoms with van der Waals surface area (Å²) in [5.74, 6) is -0.400. The molecule has 0 aliphatic rings. The van der Waals surface area contributed by atoms with E-state index in [-0.39, 0.29) is 28.3 Å². The smallest absolute Gasteiger partial charge is 0.311 e. The van der Waals surface area contributed by atoms with Crippen LogP contribution in [0.15, 0.2) is 48.0 Å². The second kappa shape index (κ2) is 8.30. The number of methoxy groups -OCH3 is 2. The lowest BCUT2D eigenvalue weighted by molar-refractivity contribution is -0.385. The number of anilines is 1. The Balaban J connectivity index is 2.44. The molecule has 0 aliphatic carbocycles. The first-order chi connectivity index (χ1) is 12.5. The summed E-state index contributed by atoms with van der Waals surface area (Å²) in [7, 11) is 2.67. The van der Waals surface area contributed by atoms with Gasteiger partial charge in [0.15, 0.2) is 0 Å². The van der Waals surface area contributed by atoms with Gasteiger partial charge in [-0.25, -0.2) is 0 Å². The maximum atomic E-state index is 12.3. The van der Waals surface area contributed by atoms with Gasteiger partial charge in [-0.15, -0.1) is 0 Å². The molecule has 1 amide bonds. The Labute approximate surface area is 149 Å². The number of nitro benzene ring substituents is 1. The molecule has 0 unspecified atom stereocenters. The zero-order valence-corrected chi connectivity index (χ0v) is 14.1. The number of amides is 1. The first-order valence-corrected chi connectivity index (χ1v) is 7.38. The SMILES string of the molecule is COc1cc(OC)c([N+](=O)[O-])cc1/C=C(/C#N)C(=O)Nc1ccccc1. The average molecular weight is 353 g/mol. The molecule has 0 aliphatic heterocycles. The normalized spacial score (nSPS) is 10.6. The summed E-state index contributed by atoms with van der Waals surface area (Å²) in [6, 6.07) is 12.9. The van der Waals surface area contributed by atoms with E-state index in [1.165, 1.54) is 32.4 Å². The van der Waals surface area contributed by atoms with E-state index in [0.717, 1.165) is 0 Å². The van der Waals surface area contributed by atoms with Gasteiger partial charge in [0.25, 0.3) is 5.91 Å². The minimum atomic E-state index is -0.640. The Morgan fingerprint density at radius 3 is 2.38 bits per heavy atom. The summed E-state index contributed by atoms with van der Waals surface area (Å²) in [6.45, 7) is 0. The van der Waals surface area contributed by atoms with Gasteiger partial charge in [-0.3, -0.25) is 14.9 Å². The van der Waals surface area contributed by atoms with Gasteiger partial charge < -0.3 is 14.8 Å². The predicted molar refractivity (Wildman–Crippen MR) is 94.9 cm³/mol. The van der Waals surface area contributed by atoms with Crippen LogP contribution in [0.3, 0.4) is 0 Å². The standard InChI is InChI=1S/C18H15N3O5/c1-25-16-10-17(26-2)15(21(23)24)9-12(16)8-13(11-19)18(22)20-14-6-4-3-5-7-14/h3-10H,1-2H3,(H,20,22)/b13-8-.